The number of carbonyl (C=O) groups excluding carboxylic acids is 1. The summed E-state index contributed by atoms with van der Waals surface area (Å²) >= 11 is 6.01. The molecule has 0 aliphatic carbocycles. The molecule has 21 heavy (non-hydrogen) atoms. The highest BCUT2D eigenvalue weighted by Crippen LogP contribution is 2.21. The van der Waals surface area contributed by atoms with Crippen LogP contribution in [-0.2, 0) is 11.3 Å². The van der Waals surface area contributed by atoms with Gasteiger partial charge in [0.05, 0.1) is 11.0 Å². The molecule has 0 bridgehead atoms. The second kappa shape index (κ2) is 6.87. The van der Waals surface area contributed by atoms with Crippen molar-refractivity contribution in [2.45, 2.75) is 45.8 Å². The van der Waals surface area contributed by atoms with E-state index < -0.39 is 11.0 Å². The average molecular weight is 314 g/mol. The number of nitro benzene ring substituents is 1. The van der Waals surface area contributed by atoms with Crippen molar-refractivity contribution >= 4 is 23.2 Å². The van der Waals surface area contributed by atoms with E-state index in [1.165, 1.54) is 18.2 Å². The summed E-state index contributed by atoms with van der Waals surface area (Å²) in [5.74, 6) is -0.135. The third kappa shape index (κ3) is 5.69. The molecule has 1 atom stereocenters. The van der Waals surface area contributed by atoms with Crippen LogP contribution in [0, 0.1) is 10.1 Å². The molecule has 7 heteroatoms. The number of non-ortho nitro benzene ring substituents is 1. The fourth-order valence-electron chi connectivity index (χ4n) is 1.64. The molecule has 0 aromatic heterocycles. The highest BCUT2D eigenvalue weighted by Gasteiger charge is 2.19. The van der Waals surface area contributed by atoms with E-state index in [1.54, 1.807) is 6.92 Å². The number of rotatable bonds is 5. The summed E-state index contributed by atoms with van der Waals surface area (Å²) in [6.45, 7) is 7.70. The van der Waals surface area contributed by atoms with Crippen LogP contribution in [0.4, 0.5) is 5.69 Å². The quantitative estimate of drug-likeness (QED) is 0.646. The Kier molecular flexibility index (Phi) is 5.69. The normalized spacial score (nSPS) is 12.8. The first-order chi connectivity index (χ1) is 9.60. The van der Waals surface area contributed by atoms with Gasteiger partial charge in [0, 0.05) is 29.2 Å². The van der Waals surface area contributed by atoms with Crippen LogP contribution >= 0.6 is 11.6 Å². The average Bonchev–Trinajstić information content (AvgIpc) is 2.35. The molecule has 1 aromatic carbocycles. The number of carbonyl (C=O) groups is 1. The summed E-state index contributed by atoms with van der Waals surface area (Å²) in [6, 6.07) is 3.81. The van der Waals surface area contributed by atoms with E-state index in [0.717, 1.165) is 0 Å². The summed E-state index contributed by atoms with van der Waals surface area (Å²) in [5.41, 5.74) is 0.250. The molecule has 0 heterocycles. The number of benzene rings is 1. The fourth-order valence-corrected chi connectivity index (χ4v) is 1.83. The molecule has 1 rings (SSSR count). The molecule has 0 saturated carbocycles. The van der Waals surface area contributed by atoms with Crippen LogP contribution in [0.5, 0.6) is 0 Å². The van der Waals surface area contributed by atoms with Crippen molar-refractivity contribution in [1.29, 1.82) is 0 Å². The minimum Gasteiger partial charge on any atom is -0.350 e. The van der Waals surface area contributed by atoms with Gasteiger partial charge < -0.3 is 10.6 Å². The lowest BCUT2D eigenvalue weighted by atomic mass is 10.1. The number of nitrogens with one attached hydrogen (secondary N) is 2. The standard InChI is InChI=1S/C14H20ClN3O3/c1-9(13(19)17-14(2,3)4)16-8-10-7-11(18(20)21)5-6-12(10)15/h5-7,9,16H,8H2,1-4H3,(H,17,19). The van der Waals surface area contributed by atoms with Gasteiger partial charge in [0.1, 0.15) is 0 Å². The van der Waals surface area contributed by atoms with Gasteiger partial charge in [-0.25, -0.2) is 0 Å². The smallest absolute Gasteiger partial charge is 0.269 e. The van der Waals surface area contributed by atoms with Crippen LogP contribution < -0.4 is 10.6 Å². The maximum Gasteiger partial charge on any atom is 0.269 e. The molecule has 0 aliphatic heterocycles. The molecule has 0 spiro atoms. The highest BCUT2D eigenvalue weighted by atomic mass is 35.5. The Balaban J connectivity index is 2.68. The van der Waals surface area contributed by atoms with Crippen LogP contribution in [-0.4, -0.2) is 22.4 Å². The molecule has 1 unspecified atom stereocenters. The topological polar surface area (TPSA) is 84.3 Å². The second-order valence-electron chi connectivity index (χ2n) is 5.87. The van der Waals surface area contributed by atoms with E-state index in [9.17, 15) is 14.9 Å². The van der Waals surface area contributed by atoms with E-state index in [2.05, 4.69) is 10.6 Å². The zero-order valence-corrected chi connectivity index (χ0v) is 13.3. The van der Waals surface area contributed by atoms with Crippen molar-refractivity contribution in [3.63, 3.8) is 0 Å². The maximum absolute atomic E-state index is 11.9. The van der Waals surface area contributed by atoms with Crippen molar-refractivity contribution in [2.24, 2.45) is 0 Å². The number of nitro groups is 1. The molecular weight excluding hydrogens is 294 g/mol. The lowest BCUT2D eigenvalue weighted by Crippen LogP contribution is -2.49. The van der Waals surface area contributed by atoms with Crippen LogP contribution in [0.25, 0.3) is 0 Å². The van der Waals surface area contributed by atoms with Crippen molar-refractivity contribution in [3.8, 4) is 0 Å². The molecule has 0 radical (unpaired) electrons. The van der Waals surface area contributed by atoms with Gasteiger partial charge >= 0.3 is 0 Å². The summed E-state index contributed by atoms with van der Waals surface area (Å²) < 4.78 is 0. The minimum absolute atomic E-state index is 0.0250. The zero-order valence-electron chi connectivity index (χ0n) is 12.6. The molecule has 2 N–H and O–H groups in total. The first-order valence-corrected chi connectivity index (χ1v) is 6.96. The van der Waals surface area contributed by atoms with Crippen LogP contribution in [0.3, 0.4) is 0 Å². The monoisotopic (exact) mass is 313 g/mol. The predicted molar refractivity (Wildman–Crippen MR) is 82.3 cm³/mol. The minimum atomic E-state index is -0.477. The van der Waals surface area contributed by atoms with Gasteiger partial charge in [-0.15, -0.1) is 0 Å². The molecule has 0 saturated heterocycles. The van der Waals surface area contributed by atoms with E-state index in [0.29, 0.717) is 10.6 Å². The molecule has 1 aromatic rings. The van der Waals surface area contributed by atoms with Crippen molar-refractivity contribution in [3.05, 3.63) is 38.9 Å². The van der Waals surface area contributed by atoms with Crippen molar-refractivity contribution in [2.75, 3.05) is 0 Å². The lowest BCUT2D eigenvalue weighted by Gasteiger charge is -2.23. The summed E-state index contributed by atoms with van der Waals surface area (Å²) in [6.07, 6.45) is 0. The maximum atomic E-state index is 11.9. The molecule has 116 valence electrons. The lowest BCUT2D eigenvalue weighted by molar-refractivity contribution is -0.384. The van der Waals surface area contributed by atoms with Crippen molar-refractivity contribution in [1.82, 2.24) is 10.6 Å². The second-order valence-corrected chi connectivity index (χ2v) is 6.28. The molecule has 0 fully saturated rings. The number of hydrogen-bond acceptors (Lipinski definition) is 4. The Morgan fingerprint density at radius 2 is 2.05 bits per heavy atom. The van der Waals surface area contributed by atoms with E-state index in [4.69, 9.17) is 11.6 Å². The number of halogens is 1. The molecule has 6 nitrogen and oxygen atoms in total. The third-order valence-corrected chi connectivity index (χ3v) is 3.10. The molecule has 1 amide bonds. The Morgan fingerprint density at radius 1 is 1.43 bits per heavy atom. The van der Waals surface area contributed by atoms with Gasteiger partial charge in [-0.3, -0.25) is 14.9 Å². The first-order valence-electron chi connectivity index (χ1n) is 6.58. The Morgan fingerprint density at radius 3 is 2.57 bits per heavy atom. The SMILES string of the molecule is CC(NCc1cc([N+](=O)[O-])ccc1Cl)C(=O)NC(C)(C)C. The molecular formula is C14H20ClN3O3. The third-order valence-electron chi connectivity index (χ3n) is 2.73. The summed E-state index contributed by atoms with van der Waals surface area (Å²) in [4.78, 5) is 22.2. The number of amides is 1. The van der Waals surface area contributed by atoms with Crippen LogP contribution in [0.15, 0.2) is 18.2 Å². The van der Waals surface area contributed by atoms with Gasteiger partial charge in [0.25, 0.3) is 5.69 Å². The van der Waals surface area contributed by atoms with Crippen LogP contribution in [0.1, 0.15) is 33.3 Å². The summed E-state index contributed by atoms with van der Waals surface area (Å²) in [5, 5.41) is 17.0. The van der Waals surface area contributed by atoms with Gasteiger partial charge in [0.2, 0.25) is 5.91 Å². The van der Waals surface area contributed by atoms with Crippen LogP contribution in [0.2, 0.25) is 5.02 Å². The van der Waals surface area contributed by atoms with E-state index >= 15 is 0 Å². The first kappa shape index (κ1) is 17.4. The Labute approximate surface area is 129 Å². The largest absolute Gasteiger partial charge is 0.350 e. The Hall–Kier alpha value is -1.66. The Bertz CT molecular complexity index is 541. The predicted octanol–water partition coefficient (Wildman–Crippen LogP) is 2.64. The highest BCUT2D eigenvalue weighted by molar-refractivity contribution is 6.31. The number of hydrogen-bond donors (Lipinski definition) is 2. The van der Waals surface area contributed by atoms with Gasteiger partial charge in [-0.1, -0.05) is 11.6 Å². The summed E-state index contributed by atoms with van der Waals surface area (Å²) in [7, 11) is 0. The fraction of sp³-hybridized carbons (Fsp3) is 0.500. The van der Waals surface area contributed by atoms with E-state index in [-0.39, 0.29) is 23.7 Å². The van der Waals surface area contributed by atoms with Gasteiger partial charge in [0.15, 0.2) is 0 Å². The zero-order chi connectivity index (χ0) is 16.2. The van der Waals surface area contributed by atoms with Gasteiger partial charge in [-0.05, 0) is 39.3 Å². The van der Waals surface area contributed by atoms with Gasteiger partial charge in [-0.2, -0.15) is 0 Å². The number of nitrogens with zero attached hydrogens (tertiary/aromatic N) is 1. The van der Waals surface area contributed by atoms with E-state index in [1.807, 2.05) is 20.8 Å². The molecule has 0 aliphatic rings. The van der Waals surface area contributed by atoms with Crippen molar-refractivity contribution < 1.29 is 9.72 Å².